The molecule has 1 aliphatic rings. The smallest absolute Gasteiger partial charge is 0.356 e. The number of aromatic carboxylic acids is 1. The van der Waals surface area contributed by atoms with E-state index in [-0.39, 0.29) is 29.4 Å². The van der Waals surface area contributed by atoms with Crippen LogP contribution in [0.4, 0.5) is 0 Å². The van der Waals surface area contributed by atoms with E-state index in [1.807, 2.05) is 0 Å². The van der Waals surface area contributed by atoms with Crippen molar-refractivity contribution >= 4 is 11.9 Å². The predicted molar refractivity (Wildman–Crippen MR) is 64.9 cm³/mol. The van der Waals surface area contributed by atoms with Gasteiger partial charge >= 0.3 is 5.97 Å². The summed E-state index contributed by atoms with van der Waals surface area (Å²) < 4.78 is 5.23. The first kappa shape index (κ1) is 13.4. The molecule has 1 aromatic rings. The van der Waals surface area contributed by atoms with Crippen molar-refractivity contribution in [2.45, 2.75) is 31.4 Å². The number of carboxylic acids is 1. The van der Waals surface area contributed by atoms with E-state index in [0.717, 1.165) is 25.5 Å². The Morgan fingerprint density at radius 3 is 2.53 bits per heavy atom. The first-order valence-corrected chi connectivity index (χ1v) is 5.99. The molecule has 7 nitrogen and oxygen atoms in total. The summed E-state index contributed by atoms with van der Waals surface area (Å²) in [5, 5.41) is 11.5. The van der Waals surface area contributed by atoms with Crippen molar-refractivity contribution in [3.05, 3.63) is 23.8 Å². The number of hydrogen-bond donors (Lipinski definition) is 2. The molecule has 102 valence electrons. The fourth-order valence-electron chi connectivity index (χ4n) is 2.10. The lowest BCUT2D eigenvalue weighted by Gasteiger charge is -2.12. The number of carbonyl (C=O) groups is 2. The van der Waals surface area contributed by atoms with Crippen LogP contribution in [-0.2, 0) is 4.74 Å². The van der Waals surface area contributed by atoms with Gasteiger partial charge in [0.2, 0.25) is 0 Å². The number of nitrogens with one attached hydrogen (secondary N) is 1. The number of aromatic nitrogens is 2. The topological polar surface area (TPSA) is 101 Å². The third-order valence-electron chi connectivity index (χ3n) is 3.16. The molecule has 2 N–H and O–H groups in total. The molecule has 2 unspecified atom stereocenters. The molecule has 0 radical (unpaired) electrons. The van der Waals surface area contributed by atoms with Crippen LogP contribution in [0.2, 0.25) is 0 Å². The van der Waals surface area contributed by atoms with Crippen LogP contribution in [0.5, 0.6) is 0 Å². The normalized spacial score (nSPS) is 22.2. The molecule has 7 heteroatoms. The van der Waals surface area contributed by atoms with Gasteiger partial charge in [-0.15, -0.1) is 0 Å². The van der Waals surface area contributed by atoms with Gasteiger partial charge in [-0.1, -0.05) is 0 Å². The summed E-state index contributed by atoms with van der Waals surface area (Å²) in [7, 11) is 1.66. The van der Waals surface area contributed by atoms with Crippen LogP contribution in [0.25, 0.3) is 0 Å². The van der Waals surface area contributed by atoms with Crippen LogP contribution in [-0.4, -0.2) is 46.2 Å². The molecule has 1 amide bonds. The Morgan fingerprint density at radius 2 is 2.00 bits per heavy atom. The summed E-state index contributed by atoms with van der Waals surface area (Å²) in [6, 6.07) is 0.0680. The number of amides is 1. The minimum Gasteiger partial charge on any atom is -0.476 e. The predicted octanol–water partition coefficient (Wildman–Crippen LogP) is 0.472. The summed E-state index contributed by atoms with van der Waals surface area (Å²) in [5.41, 5.74) is -0.0669. The third-order valence-corrected chi connectivity index (χ3v) is 3.16. The Bertz CT molecular complexity index is 474. The van der Waals surface area contributed by atoms with E-state index < -0.39 is 5.97 Å². The fraction of sp³-hybridized carbons (Fsp3) is 0.500. The molecule has 1 fully saturated rings. The van der Waals surface area contributed by atoms with Crippen molar-refractivity contribution in [2.75, 3.05) is 7.11 Å². The van der Waals surface area contributed by atoms with Crippen LogP contribution >= 0.6 is 0 Å². The van der Waals surface area contributed by atoms with E-state index in [4.69, 9.17) is 9.84 Å². The van der Waals surface area contributed by atoms with Crippen molar-refractivity contribution < 1.29 is 19.4 Å². The molecule has 1 saturated carbocycles. The van der Waals surface area contributed by atoms with Crippen molar-refractivity contribution in [2.24, 2.45) is 0 Å². The van der Waals surface area contributed by atoms with E-state index in [1.54, 1.807) is 7.11 Å². The molecular formula is C12H15N3O4. The molecule has 2 rings (SSSR count). The first-order chi connectivity index (χ1) is 9.10. The summed E-state index contributed by atoms with van der Waals surface area (Å²) >= 11 is 0. The monoisotopic (exact) mass is 265 g/mol. The number of ether oxygens (including phenoxy) is 1. The molecule has 19 heavy (non-hydrogen) atoms. The molecule has 2 atom stereocenters. The van der Waals surface area contributed by atoms with Crippen molar-refractivity contribution in [3.8, 4) is 0 Å². The second-order valence-corrected chi connectivity index (χ2v) is 4.43. The van der Waals surface area contributed by atoms with Gasteiger partial charge < -0.3 is 15.2 Å². The lowest BCUT2D eigenvalue weighted by molar-refractivity contribution is 0.0688. The van der Waals surface area contributed by atoms with Crippen LogP contribution in [0.15, 0.2) is 12.4 Å². The Hall–Kier alpha value is -2.02. The van der Waals surface area contributed by atoms with Gasteiger partial charge in [-0.3, -0.25) is 4.79 Å². The number of carbonyl (C=O) groups excluding carboxylic acids is 1. The first-order valence-electron chi connectivity index (χ1n) is 5.99. The highest BCUT2D eigenvalue weighted by atomic mass is 16.5. The largest absolute Gasteiger partial charge is 0.476 e. The summed E-state index contributed by atoms with van der Waals surface area (Å²) in [6.45, 7) is 0. The molecule has 0 bridgehead atoms. The zero-order valence-corrected chi connectivity index (χ0v) is 10.5. The molecule has 0 aliphatic heterocycles. The molecule has 0 saturated heterocycles. The van der Waals surface area contributed by atoms with Gasteiger partial charge in [-0.05, 0) is 19.3 Å². The second-order valence-electron chi connectivity index (χ2n) is 4.43. The molecule has 0 spiro atoms. The molecule has 1 aliphatic carbocycles. The summed E-state index contributed by atoms with van der Waals surface area (Å²) in [6.07, 6.45) is 5.00. The van der Waals surface area contributed by atoms with Gasteiger partial charge in [-0.25, -0.2) is 14.8 Å². The zero-order chi connectivity index (χ0) is 13.8. The summed E-state index contributed by atoms with van der Waals surface area (Å²) in [5.74, 6) is -1.51. The van der Waals surface area contributed by atoms with Crippen LogP contribution < -0.4 is 5.32 Å². The SMILES string of the molecule is COC1CCC(NC(=O)c2cnc(C(=O)O)cn2)C1. The minimum atomic E-state index is -1.17. The van der Waals surface area contributed by atoms with Gasteiger partial charge in [-0.2, -0.15) is 0 Å². The Labute approximate surface area is 110 Å². The number of carboxylic acid groups (broad SMARTS) is 1. The van der Waals surface area contributed by atoms with E-state index in [1.165, 1.54) is 6.20 Å². The Balaban J connectivity index is 1.95. The minimum absolute atomic E-state index is 0.0680. The number of methoxy groups -OCH3 is 1. The molecule has 1 heterocycles. The Morgan fingerprint density at radius 1 is 1.32 bits per heavy atom. The van der Waals surface area contributed by atoms with Gasteiger partial charge in [0, 0.05) is 13.2 Å². The van der Waals surface area contributed by atoms with E-state index in [0.29, 0.717) is 0 Å². The molecule has 0 aromatic carbocycles. The maximum atomic E-state index is 11.9. The average molecular weight is 265 g/mol. The maximum Gasteiger partial charge on any atom is 0.356 e. The van der Waals surface area contributed by atoms with Crippen LogP contribution in [0.3, 0.4) is 0 Å². The van der Waals surface area contributed by atoms with Gasteiger partial charge in [0.25, 0.3) is 5.91 Å². The number of rotatable bonds is 4. The Kier molecular flexibility index (Phi) is 4.06. The van der Waals surface area contributed by atoms with Gasteiger partial charge in [0.1, 0.15) is 5.69 Å². The average Bonchev–Trinajstić information content (AvgIpc) is 2.86. The quantitative estimate of drug-likeness (QED) is 0.820. The molecule has 1 aromatic heterocycles. The highest BCUT2D eigenvalue weighted by molar-refractivity contribution is 5.92. The van der Waals surface area contributed by atoms with E-state index in [2.05, 4.69) is 15.3 Å². The molecular weight excluding hydrogens is 250 g/mol. The lowest BCUT2D eigenvalue weighted by atomic mass is 10.2. The number of hydrogen-bond acceptors (Lipinski definition) is 5. The van der Waals surface area contributed by atoms with E-state index >= 15 is 0 Å². The zero-order valence-electron chi connectivity index (χ0n) is 10.5. The third kappa shape index (κ3) is 3.25. The maximum absolute atomic E-state index is 11.9. The van der Waals surface area contributed by atoms with Gasteiger partial charge in [0.15, 0.2) is 5.69 Å². The van der Waals surface area contributed by atoms with Gasteiger partial charge in [0.05, 0.1) is 18.5 Å². The highest BCUT2D eigenvalue weighted by Crippen LogP contribution is 2.21. The van der Waals surface area contributed by atoms with Crippen molar-refractivity contribution in [1.82, 2.24) is 15.3 Å². The van der Waals surface area contributed by atoms with Crippen molar-refractivity contribution in [3.63, 3.8) is 0 Å². The standard InChI is InChI=1S/C12H15N3O4/c1-19-8-3-2-7(4-8)15-11(16)9-5-14-10(6-13-9)12(17)18/h5-8H,2-4H2,1H3,(H,15,16)(H,17,18). The van der Waals surface area contributed by atoms with Crippen LogP contribution in [0, 0.1) is 0 Å². The van der Waals surface area contributed by atoms with E-state index in [9.17, 15) is 9.59 Å². The fourth-order valence-corrected chi connectivity index (χ4v) is 2.10. The summed E-state index contributed by atoms with van der Waals surface area (Å²) in [4.78, 5) is 29.9. The number of nitrogens with zero attached hydrogens (tertiary/aromatic N) is 2. The van der Waals surface area contributed by atoms with Crippen LogP contribution in [0.1, 0.15) is 40.2 Å². The second kappa shape index (κ2) is 5.75. The van der Waals surface area contributed by atoms with Crippen molar-refractivity contribution in [1.29, 1.82) is 0 Å². The lowest BCUT2D eigenvalue weighted by Crippen LogP contribution is -2.34. The highest BCUT2D eigenvalue weighted by Gasteiger charge is 2.26.